The van der Waals surface area contributed by atoms with E-state index in [-0.39, 0.29) is 31.2 Å². The number of nitrogens with zero attached hydrogens (tertiary/aromatic N) is 3. The summed E-state index contributed by atoms with van der Waals surface area (Å²) >= 11 is 0. The van der Waals surface area contributed by atoms with Crippen LogP contribution >= 0.6 is 0 Å². The number of hydrogen-bond donors (Lipinski definition) is 0. The molecular weight excluding hydrogens is 851 g/mol. The summed E-state index contributed by atoms with van der Waals surface area (Å²) < 4.78 is 71.4. The van der Waals surface area contributed by atoms with Gasteiger partial charge in [0.1, 0.15) is 5.58 Å². The van der Waals surface area contributed by atoms with Gasteiger partial charge in [0.05, 0.1) is 22.4 Å². The molecule has 0 aliphatic carbocycles. The molecule has 0 spiro atoms. The van der Waals surface area contributed by atoms with Crippen LogP contribution in [0.1, 0.15) is 72.7 Å². The van der Waals surface area contributed by atoms with Crippen LogP contribution in [0.3, 0.4) is 0 Å². The van der Waals surface area contributed by atoms with Crippen molar-refractivity contribution in [1.82, 2.24) is 14.5 Å². The number of aryl methyl sites for hydroxylation is 2. The van der Waals surface area contributed by atoms with Gasteiger partial charge in [-0.25, -0.2) is 0 Å². The third-order valence-corrected chi connectivity index (χ3v) is 9.52. The van der Waals surface area contributed by atoms with Crippen molar-refractivity contribution in [1.29, 1.82) is 0 Å². The van der Waals surface area contributed by atoms with Crippen LogP contribution in [0.5, 0.6) is 0 Å². The molecule has 0 fully saturated rings. The van der Waals surface area contributed by atoms with E-state index in [0.717, 1.165) is 61.1 Å². The van der Waals surface area contributed by atoms with E-state index in [9.17, 15) is 0 Å². The Morgan fingerprint density at radius 3 is 2.16 bits per heavy atom. The van der Waals surface area contributed by atoms with Gasteiger partial charge in [-0.2, -0.15) is 0 Å². The fraction of sp³-hybridized carbons (Fsp3) is 0.160. The second-order valence-corrected chi connectivity index (χ2v) is 13.7. The smallest absolute Gasteiger partial charge is 0.121 e. The van der Waals surface area contributed by atoms with Gasteiger partial charge in [-0.3, -0.25) is 4.98 Å². The maximum atomic E-state index is 8.80. The van der Waals surface area contributed by atoms with Crippen LogP contribution in [0.25, 0.3) is 72.4 Å². The van der Waals surface area contributed by atoms with E-state index in [1.807, 2.05) is 113 Å². The molecule has 3 heterocycles. The van der Waals surface area contributed by atoms with Crippen molar-refractivity contribution in [3.05, 3.63) is 174 Å². The normalized spacial score (nSPS) is 14.3. The molecule has 3 aromatic heterocycles. The number of hydrogen-bond acceptors (Lipinski definition) is 3. The van der Waals surface area contributed by atoms with E-state index < -0.39 is 25.5 Å². The number of fused-ring (bicyclic) bond motifs is 4. The number of rotatable bonds is 6. The second-order valence-electron chi connectivity index (χ2n) is 13.7. The third-order valence-electron chi connectivity index (χ3n) is 9.52. The first kappa shape index (κ1) is 28.8. The first-order chi connectivity index (χ1) is 29.3. The van der Waals surface area contributed by atoms with Crippen molar-refractivity contribution in [3.63, 3.8) is 0 Å². The largest absolute Gasteiger partial charge is 0.501 e. The Bertz CT molecular complexity index is 3040. The summed E-state index contributed by atoms with van der Waals surface area (Å²) in [5.41, 5.74) is 9.98. The Morgan fingerprint density at radius 1 is 0.691 bits per heavy atom. The van der Waals surface area contributed by atoms with E-state index >= 15 is 0 Å². The quantitative estimate of drug-likeness (QED) is 0.156. The summed E-state index contributed by atoms with van der Waals surface area (Å²) in [4.78, 5) is 9.41. The van der Waals surface area contributed by atoms with Crippen LogP contribution in [0.4, 0.5) is 0 Å². The minimum absolute atomic E-state index is 0. The monoisotopic (exact) mass is 902 g/mol. The molecule has 9 aromatic rings. The topological polar surface area (TPSA) is 43.9 Å². The summed E-state index contributed by atoms with van der Waals surface area (Å²) in [6.45, 7) is 3.19. The number of benzene rings is 6. The molecule has 1 radical (unpaired) electrons. The second kappa shape index (κ2) is 16.0. The zero-order chi connectivity index (χ0) is 44.2. The van der Waals surface area contributed by atoms with Crippen LogP contribution < -0.4 is 0 Å². The predicted octanol–water partition coefficient (Wildman–Crippen LogP) is 13.5. The molecule has 0 atom stereocenters. The van der Waals surface area contributed by atoms with Crippen LogP contribution in [0.15, 0.2) is 144 Å². The maximum Gasteiger partial charge on any atom is 0.121 e. The van der Waals surface area contributed by atoms with E-state index in [0.29, 0.717) is 22.4 Å². The van der Waals surface area contributed by atoms with Crippen molar-refractivity contribution in [2.75, 3.05) is 0 Å². The molecule has 0 saturated heterocycles. The molecule has 275 valence electrons. The van der Waals surface area contributed by atoms with E-state index in [2.05, 4.69) is 21.7 Å². The molecule has 0 aliphatic rings. The number of pyridine rings is 1. The van der Waals surface area contributed by atoms with Crippen LogP contribution in [-0.2, 0) is 20.1 Å². The Morgan fingerprint density at radius 2 is 1.44 bits per heavy atom. The number of imidazole rings is 1. The molecular formula is C50H43IrN3O-2. The standard InChI is InChI=1S/C25H25N2.C25H18NO.Ir/c1-17(2)20-13-10-14-21(18(3)4)24(20)27-23-16-9-8-15-22(23)26-25(27)19-11-6-5-7-12-19;1-16-6-9-18(10-7-16)19-12-13-26-23(15-19)22-5-3-4-21-20-11-8-17(2)14-24(20)27-25(21)22;/h5-11,13-18H,1-4H3;3-4,6-15H,1-2H3;/q2*-1;/i17D,18D;1D3,2D3;. The molecule has 0 saturated carbocycles. The van der Waals surface area contributed by atoms with Gasteiger partial charge in [0.15, 0.2) is 0 Å². The van der Waals surface area contributed by atoms with Gasteiger partial charge in [-0.15, -0.1) is 54.1 Å². The van der Waals surface area contributed by atoms with E-state index in [1.54, 1.807) is 54.7 Å². The zero-order valence-electron chi connectivity index (χ0n) is 38.9. The number of furan rings is 1. The minimum Gasteiger partial charge on any atom is -0.501 e. The first-order valence-electron chi connectivity index (χ1n) is 21.8. The Labute approximate surface area is 348 Å². The molecule has 5 heteroatoms. The first-order valence-corrected chi connectivity index (χ1v) is 17.8. The number of para-hydroxylation sites is 3. The molecule has 55 heavy (non-hydrogen) atoms. The van der Waals surface area contributed by atoms with Crippen molar-refractivity contribution in [2.24, 2.45) is 0 Å². The Hall–Kier alpha value is -5.61. The van der Waals surface area contributed by atoms with Crippen molar-refractivity contribution >= 4 is 33.0 Å². The van der Waals surface area contributed by atoms with Gasteiger partial charge >= 0.3 is 0 Å². The SMILES string of the molecule is [2H]C(C)(C)c1cccc(C([2H])(C)C)c1-n1c(-c2[c-]cccc2)nc2ccccc21.[2H]C([2H])([2H])c1ccc(-c2ccnc(-c3[c-]ccc4c3oc3cc(C([2H])([2H])[2H])ccc34)c2)cc1.[Ir]. The van der Waals surface area contributed by atoms with E-state index in [1.165, 1.54) is 0 Å². The molecule has 4 nitrogen and oxygen atoms in total. The summed E-state index contributed by atoms with van der Waals surface area (Å²) in [5, 5.41) is 1.68. The van der Waals surface area contributed by atoms with Crippen LogP contribution in [-0.4, -0.2) is 14.5 Å². The van der Waals surface area contributed by atoms with Gasteiger partial charge in [0.2, 0.25) is 0 Å². The summed E-state index contributed by atoms with van der Waals surface area (Å²) in [7, 11) is 0. The van der Waals surface area contributed by atoms with Gasteiger partial charge in [0, 0.05) is 48.3 Å². The van der Waals surface area contributed by atoms with Crippen molar-refractivity contribution in [2.45, 2.75) is 53.2 Å². The third kappa shape index (κ3) is 7.43. The van der Waals surface area contributed by atoms with Gasteiger partial charge in [-0.05, 0) is 83.3 Å². The fourth-order valence-electron chi connectivity index (χ4n) is 6.90. The molecule has 0 unspecified atom stereocenters. The summed E-state index contributed by atoms with van der Waals surface area (Å²) in [6, 6.07) is 47.4. The van der Waals surface area contributed by atoms with Crippen molar-refractivity contribution < 1.29 is 35.5 Å². The fourth-order valence-corrected chi connectivity index (χ4v) is 6.90. The molecule has 0 aliphatic heterocycles. The van der Waals surface area contributed by atoms with Gasteiger partial charge in [-0.1, -0.05) is 117 Å². The number of aromatic nitrogens is 3. The Kier molecular flexibility index (Phi) is 8.38. The van der Waals surface area contributed by atoms with E-state index in [4.69, 9.17) is 20.4 Å². The summed E-state index contributed by atoms with van der Waals surface area (Å²) in [5.74, 6) is -0.895. The molecule has 0 amide bonds. The molecule has 9 rings (SSSR count). The molecule has 0 bridgehead atoms. The Balaban J connectivity index is 0.000000188. The molecule has 6 aromatic carbocycles. The summed E-state index contributed by atoms with van der Waals surface area (Å²) in [6.07, 6.45) is 1.68. The zero-order valence-corrected chi connectivity index (χ0v) is 33.3. The van der Waals surface area contributed by atoms with Crippen LogP contribution in [0.2, 0.25) is 0 Å². The van der Waals surface area contributed by atoms with Gasteiger partial charge in [0.25, 0.3) is 0 Å². The minimum atomic E-state index is -2.22. The predicted molar refractivity (Wildman–Crippen MR) is 224 cm³/mol. The van der Waals surface area contributed by atoms with Gasteiger partial charge < -0.3 is 14.0 Å². The van der Waals surface area contributed by atoms with Crippen molar-refractivity contribution in [3.8, 4) is 39.5 Å². The molecule has 0 N–H and O–H groups in total. The van der Waals surface area contributed by atoms with Crippen LogP contribution in [0, 0.1) is 25.8 Å². The average Bonchev–Trinajstić information content (AvgIpc) is 3.81. The average molecular weight is 902 g/mol. The maximum absolute atomic E-state index is 8.80.